The van der Waals surface area contributed by atoms with Crippen LogP contribution in [0.25, 0.3) is 0 Å². The smallest absolute Gasteiger partial charge is 0.191 e. The number of benzene rings is 2. The molecule has 3 rings (SSSR count). The second-order valence-electron chi connectivity index (χ2n) is 5.89. The molecule has 0 aliphatic heterocycles. The van der Waals surface area contributed by atoms with Gasteiger partial charge in [0.25, 0.3) is 0 Å². The third-order valence-electron chi connectivity index (χ3n) is 3.87. The molecule has 4 nitrogen and oxygen atoms in total. The Kier molecular flexibility index (Phi) is 7.38. The highest BCUT2D eigenvalue weighted by Crippen LogP contribution is 2.23. The maximum absolute atomic E-state index is 5.96. The van der Waals surface area contributed by atoms with Crippen molar-refractivity contribution in [3.63, 3.8) is 0 Å². The summed E-state index contributed by atoms with van der Waals surface area (Å²) in [7, 11) is 0. The molecule has 1 aromatic heterocycles. The van der Waals surface area contributed by atoms with Crippen LogP contribution in [0.5, 0.6) is 0 Å². The lowest BCUT2D eigenvalue weighted by molar-refractivity contribution is 0.700. The lowest BCUT2D eigenvalue weighted by Crippen LogP contribution is -2.00. The minimum absolute atomic E-state index is 0.745. The standard InChI is InChI=1S/C20H21ClN4S2/c1-3-4-19-23-24-20(27-14-16-5-9-17(21)10-6-16)25(19)22-13-15-7-11-18(26-2)12-8-15/h5-13H,3-4,14H2,1-2H3/b22-13-. The summed E-state index contributed by atoms with van der Waals surface area (Å²) in [5.41, 5.74) is 2.24. The van der Waals surface area contributed by atoms with E-state index in [-0.39, 0.29) is 0 Å². The van der Waals surface area contributed by atoms with Crippen LogP contribution in [0.1, 0.15) is 30.3 Å². The first-order valence-electron chi connectivity index (χ1n) is 8.69. The van der Waals surface area contributed by atoms with E-state index in [1.54, 1.807) is 23.5 Å². The Morgan fingerprint density at radius 1 is 1.07 bits per heavy atom. The van der Waals surface area contributed by atoms with Gasteiger partial charge in [-0.3, -0.25) is 0 Å². The summed E-state index contributed by atoms with van der Waals surface area (Å²) < 4.78 is 1.85. The van der Waals surface area contributed by atoms with E-state index in [2.05, 4.69) is 52.7 Å². The van der Waals surface area contributed by atoms with Gasteiger partial charge in [-0.15, -0.1) is 22.0 Å². The van der Waals surface area contributed by atoms with Crippen molar-refractivity contribution >= 4 is 41.3 Å². The first-order chi connectivity index (χ1) is 13.2. The molecule has 0 aliphatic rings. The molecule has 0 saturated heterocycles. The highest BCUT2D eigenvalue weighted by Gasteiger charge is 2.11. The van der Waals surface area contributed by atoms with Crippen molar-refractivity contribution in [3.05, 3.63) is 70.5 Å². The molecule has 0 spiro atoms. The molecule has 0 aliphatic carbocycles. The largest absolute Gasteiger partial charge is 0.212 e. The fraction of sp³-hybridized carbons (Fsp3) is 0.250. The van der Waals surface area contributed by atoms with E-state index in [0.717, 1.165) is 40.2 Å². The molecule has 0 N–H and O–H groups in total. The van der Waals surface area contributed by atoms with Crippen molar-refractivity contribution in [1.29, 1.82) is 0 Å². The SMILES string of the molecule is CCCc1nnc(SCc2ccc(Cl)cc2)n1/N=C\c1ccc(SC)cc1. The minimum atomic E-state index is 0.745. The zero-order valence-corrected chi connectivity index (χ0v) is 17.7. The predicted molar refractivity (Wildman–Crippen MR) is 116 cm³/mol. The lowest BCUT2D eigenvalue weighted by Gasteiger charge is -2.04. The zero-order valence-electron chi connectivity index (χ0n) is 15.3. The van der Waals surface area contributed by atoms with Crippen LogP contribution >= 0.6 is 35.1 Å². The van der Waals surface area contributed by atoms with Crippen molar-refractivity contribution in [2.24, 2.45) is 5.10 Å². The van der Waals surface area contributed by atoms with Crippen LogP contribution in [0, 0.1) is 0 Å². The second-order valence-corrected chi connectivity index (χ2v) is 8.15. The number of thioether (sulfide) groups is 2. The van der Waals surface area contributed by atoms with Crippen molar-refractivity contribution < 1.29 is 0 Å². The van der Waals surface area contributed by atoms with Gasteiger partial charge < -0.3 is 0 Å². The van der Waals surface area contributed by atoms with Gasteiger partial charge in [0.15, 0.2) is 5.82 Å². The maximum Gasteiger partial charge on any atom is 0.212 e. The number of rotatable bonds is 8. The summed E-state index contributed by atoms with van der Waals surface area (Å²) in [5.74, 6) is 1.67. The summed E-state index contributed by atoms with van der Waals surface area (Å²) in [6, 6.07) is 16.2. The molecule has 1 heterocycles. The summed E-state index contributed by atoms with van der Waals surface area (Å²) in [4.78, 5) is 1.24. The second kappa shape index (κ2) is 9.97. The quantitative estimate of drug-likeness (QED) is 0.344. The fourth-order valence-electron chi connectivity index (χ4n) is 2.42. The van der Waals surface area contributed by atoms with E-state index < -0.39 is 0 Å². The van der Waals surface area contributed by atoms with Gasteiger partial charge in [0, 0.05) is 22.1 Å². The number of halogens is 1. The molecule has 3 aromatic rings. The van der Waals surface area contributed by atoms with Gasteiger partial charge in [-0.2, -0.15) is 9.78 Å². The average Bonchev–Trinajstić information content (AvgIpc) is 3.08. The van der Waals surface area contributed by atoms with Crippen LogP contribution in [0.4, 0.5) is 0 Å². The summed E-state index contributed by atoms with van der Waals surface area (Å²) >= 11 is 9.31. The van der Waals surface area contributed by atoms with E-state index in [1.807, 2.05) is 35.2 Å². The van der Waals surface area contributed by atoms with Gasteiger partial charge in [0.05, 0.1) is 6.21 Å². The van der Waals surface area contributed by atoms with Gasteiger partial charge in [0.1, 0.15) is 0 Å². The Hall–Kier alpha value is -1.76. The number of aryl methyl sites for hydroxylation is 1. The van der Waals surface area contributed by atoms with E-state index in [9.17, 15) is 0 Å². The normalized spacial score (nSPS) is 11.4. The molecule has 140 valence electrons. The van der Waals surface area contributed by atoms with Gasteiger partial charge in [0.2, 0.25) is 5.16 Å². The first kappa shape index (κ1) is 20.0. The van der Waals surface area contributed by atoms with Crippen LogP contribution in [0.2, 0.25) is 5.02 Å². The average molecular weight is 417 g/mol. The zero-order chi connectivity index (χ0) is 19.1. The topological polar surface area (TPSA) is 43.1 Å². The van der Waals surface area contributed by atoms with Crippen molar-refractivity contribution in [2.75, 3.05) is 6.26 Å². The molecule has 7 heteroatoms. The summed E-state index contributed by atoms with van der Waals surface area (Å²) in [5, 5.41) is 14.9. The highest BCUT2D eigenvalue weighted by atomic mass is 35.5. The summed E-state index contributed by atoms with van der Waals surface area (Å²) in [6.45, 7) is 2.13. The Bertz CT molecular complexity index is 889. The lowest BCUT2D eigenvalue weighted by atomic mass is 10.2. The van der Waals surface area contributed by atoms with Gasteiger partial charge in [-0.05, 0) is 48.1 Å². The van der Waals surface area contributed by atoms with Crippen molar-refractivity contribution in [1.82, 2.24) is 14.9 Å². The van der Waals surface area contributed by atoms with E-state index >= 15 is 0 Å². The van der Waals surface area contributed by atoms with E-state index in [4.69, 9.17) is 11.6 Å². The predicted octanol–water partition coefficient (Wildman–Crippen LogP) is 5.78. The van der Waals surface area contributed by atoms with Crippen LogP contribution in [-0.4, -0.2) is 27.3 Å². The number of hydrogen-bond acceptors (Lipinski definition) is 5. The van der Waals surface area contributed by atoms with E-state index in [1.165, 1.54) is 10.5 Å². The first-order valence-corrected chi connectivity index (χ1v) is 11.3. The monoisotopic (exact) mass is 416 g/mol. The third-order valence-corrected chi connectivity index (χ3v) is 5.86. The Balaban J connectivity index is 1.77. The van der Waals surface area contributed by atoms with Crippen LogP contribution in [-0.2, 0) is 12.2 Å². The number of hydrogen-bond donors (Lipinski definition) is 0. The molecule has 0 radical (unpaired) electrons. The molecule has 0 bridgehead atoms. The summed E-state index contributed by atoms with van der Waals surface area (Å²) in [6.07, 6.45) is 5.77. The van der Waals surface area contributed by atoms with E-state index in [0.29, 0.717) is 0 Å². The maximum atomic E-state index is 5.96. The van der Waals surface area contributed by atoms with Crippen LogP contribution in [0.3, 0.4) is 0 Å². The van der Waals surface area contributed by atoms with Crippen LogP contribution in [0.15, 0.2) is 63.7 Å². The van der Waals surface area contributed by atoms with Crippen LogP contribution < -0.4 is 0 Å². The van der Waals surface area contributed by atoms with Crippen molar-refractivity contribution in [2.45, 2.75) is 35.6 Å². The highest BCUT2D eigenvalue weighted by molar-refractivity contribution is 7.98. The molecule has 0 atom stereocenters. The van der Waals surface area contributed by atoms with Crippen molar-refractivity contribution in [3.8, 4) is 0 Å². The molecule has 27 heavy (non-hydrogen) atoms. The Morgan fingerprint density at radius 2 is 1.81 bits per heavy atom. The van der Waals surface area contributed by atoms with Gasteiger partial charge >= 0.3 is 0 Å². The number of nitrogens with zero attached hydrogens (tertiary/aromatic N) is 4. The molecular formula is C20H21ClN4S2. The Morgan fingerprint density at radius 3 is 2.48 bits per heavy atom. The fourth-order valence-corrected chi connectivity index (χ4v) is 3.82. The third kappa shape index (κ3) is 5.61. The molecule has 2 aromatic carbocycles. The Labute approximate surface area is 173 Å². The molecule has 0 amide bonds. The molecule has 0 saturated carbocycles. The molecule has 0 unspecified atom stereocenters. The molecule has 0 fully saturated rings. The molecular weight excluding hydrogens is 396 g/mol. The minimum Gasteiger partial charge on any atom is -0.191 e. The van der Waals surface area contributed by atoms with Gasteiger partial charge in [-0.1, -0.05) is 54.6 Å². The number of aromatic nitrogens is 3. The van der Waals surface area contributed by atoms with Gasteiger partial charge in [-0.25, -0.2) is 0 Å².